The van der Waals surface area contributed by atoms with Crippen molar-refractivity contribution in [3.63, 3.8) is 0 Å². The Bertz CT molecular complexity index is 891. The first kappa shape index (κ1) is 24.7. The summed E-state index contributed by atoms with van der Waals surface area (Å²) in [6, 6.07) is 14.1. The normalized spacial score (nSPS) is 11.8. The molecule has 2 rings (SSSR count). The van der Waals surface area contributed by atoms with E-state index in [1.165, 1.54) is 24.3 Å². The first-order chi connectivity index (χ1) is 15.1. The molecule has 2 aromatic carbocycles. The molecule has 0 fully saturated rings. The van der Waals surface area contributed by atoms with Crippen LogP contribution in [-0.4, -0.2) is 35.2 Å². The standard InChI is InChI=1S/C24H30N2O6/c1-24(2,3)32-20(28)10-7-15-25-22(29)21(18-11-13-19(27)14-12-18)26-23(30)31-16-17-8-5-4-6-9-17/h4-6,8-9,11-14,21,27H,7,10,15-16H2,1-3H3,(H,25,29)(H,26,30)/t21-/m1/s1. The van der Waals surface area contributed by atoms with Gasteiger partial charge in [0.1, 0.15) is 24.0 Å². The van der Waals surface area contributed by atoms with Crippen LogP contribution in [0.25, 0.3) is 0 Å². The Labute approximate surface area is 187 Å². The van der Waals surface area contributed by atoms with Crippen LogP contribution in [0.1, 0.15) is 50.8 Å². The van der Waals surface area contributed by atoms with E-state index in [4.69, 9.17) is 9.47 Å². The van der Waals surface area contributed by atoms with Gasteiger partial charge in [-0.1, -0.05) is 42.5 Å². The van der Waals surface area contributed by atoms with Crippen LogP contribution in [-0.2, 0) is 25.7 Å². The molecular formula is C24H30N2O6. The number of rotatable bonds is 9. The number of ether oxygens (including phenoxy) is 2. The van der Waals surface area contributed by atoms with Gasteiger partial charge in [0.05, 0.1) is 0 Å². The van der Waals surface area contributed by atoms with Gasteiger partial charge in [-0.25, -0.2) is 4.79 Å². The van der Waals surface area contributed by atoms with Gasteiger partial charge in [-0.2, -0.15) is 0 Å². The topological polar surface area (TPSA) is 114 Å². The molecule has 0 aliphatic heterocycles. The van der Waals surface area contributed by atoms with Crippen molar-refractivity contribution in [1.82, 2.24) is 10.6 Å². The minimum Gasteiger partial charge on any atom is -0.508 e. The molecule has 0 spiro atoms. The van der Waals surface area contributed by atoms with Crippen LogP contribution in [0.4, 0.5) is 4.79 Å². The predicted octanol–water partition coefficient (Wildman–Crippen LogP) is 3.60. The molecule has 0 saturated heterocycles. The third kappa shape index (κ3) is 9.07. The van der Waals surface area contributed by atoms with Gasteiger partial charge in [-0.15, -0.1) is 0 Å². The zero-order valence-corrected chi connectivity index (χ0v) is 18.6. The lowest BCUT2D eigenvalue weighted by Gasteiger charge is -2.20. The number of hydrogen-bond acceptors (Lipinski definition) is 6. The Hall–Kier alpha value is -3.55. The molecule has 172 valence electrons. The summed E-state index contributed by atoms with van der Waals surface area (Å²) in [5, 5.41) is 14.8. The fourth-order valence-corrected chi connectivity index (χ4v) is 2.79. The number of phenols is 1. The van der Waals surface area contributed by atoms with Crippen LogP contribution in [0.2, 0.25) is 0 Å². The van der Waals surface area contributed by atoms with Crippen molar-refractivity contribution >= 4 is 18.0 Å². The monoisotopic (exact) mass is 442 g/mol. The van der Waals surface area contributed by atoms with E-state index < -0.39 is 23.6 Å². The third-order valence-corrected chi connectivity index (χ3v) is 4.24. The fourth-order valence-electron chi connectivity index (χ4n) is 2.79. The Morgan fingerprint density at radius 2 is 1.66 bits per heavy atom. The van der Waals surface area contributed by atoms with Crippen LogP contribution in [0, 0.1) is 0 Å². The molecule has 0 saturated carbocycles. The molecule has 0 bridgehead atoms. The van der Waals surface area contributed by atoms with E-state index in [2.05, 4.69) is 10.6 Å². The number of phenolic OH excluding ortho intramolecular Hbond substituents is 1. The Morgan fingerprint density at radius 1 is 1.00 bits per heavy atom. The molecule has 0 aliphatic rings. The van der Waals surface area contributed by atoms with Crippen molar-refractivity contribution in [2.24, 2.45) is 0 Å². The number of amides is 2. The molecule has 0 unspecified atom stereocenters. The summed E-state index contributed by atoms with van der Waals surface area (Å²) in [4.78, 5) is 36.8. The highest BCUT2D eigenvalue weighted by molar-refractivity contribution is 5.87. The minimum absolute atomic E-state index is 0.0388. The Balaban J connectivity index is 1.92. The molecule has 32 heavy (non-hydrogen) atoms. The highest BCUT2D eigenvalue weighted by atomic mass is 16.6. The van der Waals surface area contributed by atoms with Crippen LogP contribution in [0.15, 0.2) is 54.6 Å². The van der Waals surface area contributed by atoms with Crippen LogP contribution >= 0.6 is 0 Å². The first-order valence-electron chi connectivity index (χ1n) is 10.4. The van der Waals surface area contributed by atoms with Gasteiger partial charge in [0.25, 0.3) is 0 Å². The van der Waals surface area contributed by atoms with E-state index in [0.717, 1.165) is 5.56 Å². The summed E-state index contributed by atoms with van der Waals surface area (Å²) < 4.78 is 10.5. The van der Waals surface area contributed by atoms with Crippen molar-refractivity contribution in [3.8, 4) is 5.75 Å². The van der Waals surface area contributed by atoms with Gasteiger partial charge < -0.3 is 25.2 Å². The summed E-state index contributed by atoms with van der Waals surface area (Å²) in [5.41, 5.74) is 0.730. The maximum absolute atomic E-state index is 12.8. The molecule has 8 heteroatoms. The molecule has 3 N–H and O–H groups in total. The molecule has 1 atom stereocenters. The maximum Gasteiger partial charge on any atom is 0.408 e. The second-order valence-electron chi connectivity index (χ2n) is 8.21. The summed E-state index contributed by atoms with van der Waals surface area (Å²) >= 11 is 0. The zero-order valence-electron chi connectivity index (χ0n) is 18.6. The maximum atomic E-state index is 12.8. The molecule has 0 aromatic heterocycles. The summed E-state index contributed by atoms with van der Waals surface area (Å²) in [6.07, 6.45) is -0.203. The lowest BCUT2D eigenvalue weighted by molar-refractivity contribution is -0.155. The minimum atomic E-state index is -1.03. The molecular weight excluding hydrogens is 412 g/mol. The molecule has 0 heterocycles. The van der Waals surface area contributed by atoms with Gasteiger partial charge in [0.15, 0.2) is 0 Å². The van der Waals surface area contributed by atoms with Crippen molar-refractivity contribution in [2.75, 3.05) is 6.54 Å². The van der Waals surface area contributed by atoms with Crippen LogP contribution in [0.3, 0.4) is 0 Å². The highest BCUT2D eigenvalue weighted by Gasteiger charge is 2.23. The van der Waals surface area contributed by atoms with Gasteiger partial charge in [-0.3, -0.25) is 9.59 Å². The Morgan fingerprint density at radius 3 is 2.28 bits per heavy atom. The van der Waals surface area contributed by atoms with Gasteiger partial charge in [-0.05, 0) is 50.5 Å². The summed E-state index contributed by atoms with van der Waals surface area (Å²) in [5.74, 6) is -0.766. The number of nitrogens with one attached hydrogen (secondary N) is 2. The smallest absolute Gasteiger partial charge is 0.408 e. The van der Waals surface area contributed by atoms with E-state index >= 15 is 0 Å². The lowest BCUT2D eigenvalue weighted by atomic mass is 10.1. The number of carbonyl (C=O) groups excluding carboxylic acids is 3. The predicted molar refractivity (Wildman–Crippen MR) is 119 cm³/mol. The second kappa shape index (κ2) is 11.7. The number of esters is 1. The van der Waals surface area contributed by atoms with E-state index in [9.17, 15) is 19.5 Å². The van der Waals surface area contributed by atoms with Crippen molar-refractivity contribution in [3.05, 3.63) is 65.7 Å². The number of aromatic hydroxyl groups is 1. The quantitative estimate of drug-likeness (QED) is 0.404. The van der Waals surface area contributed by atoms with Crippen molar-refractivity contribution in [1.29, 1.82) is 0 Å². The van der Waals surface area contributed by atoms with Crippen molar-refractivity contribution in [2.45, 2.75) is 51.9 Å². The first-order valence-corrected chi connectivity index (χ1v) is 10.4. The summed E-state index contributed by atoms with van der Waals surface area (Å²) in [7, 11) is 0. The van der Waals surface area contributed by atoms with Gasteiger partial charge in [0.2, 0.25) is 5.91 Å². The SMILES string of the molecule is CC(C)(C)OC(=O)CCCNC(=O)[C@H](NC(=O)OCc1ccccc1)c1ccc(O)cc1. The summed E-state index contributed by atoms with van der Waals surface area (Å²) in [6.45, 7) is 5.66. The van der Waals surface area contributed by atoms with Gasteiger partial charge in [0, 0.05) is 13.0 Å². The number of benzene rings is 2. The lowest BCUT2D eigenvalue weighted by Crippen LogP contribution is -2.41. The number of carbonyl (C=O) groups is 3. The zero-order chi connectivity index (χ0) is 23.6. The van der Waals surface area contributed by atoms with Crippen LogP contribution in [0.5, 0.6) is 5.75 Å². The highest BCUT2D eigenvalue weighted by Crippen LogP contribution is 2.18. The average Bonchev–Trinajstić information content (AvgIpc) is 2.74. The van der Waals surface area contributed by atoms with E-state index in [1.807, 2.05) is 30.3 Å². The molecule has 8 nitrogen and oxygen atoms in total. The van der Waals surface area contributed by atoms with Crippen molar-refractivity contribution < 1.29 is 29.0 Å². The van der Waals surface area contributed by atoms with E-state index in [1.54, 1.807) is 20.8 Å². The fraction of sp³-hybridized carbons (Fsp3) is 0.375. The molecule has 0 aliphatic carbocycles. The third-order valence-electron chi connectivity index (χ3n) is 4.24. The molecule has 0 radical (unpaired) electrons. The number of alkyl carbamates (subject to hydrolysis) is 1. The molecule has 2 aromatic rings. The largest absolute Gasteiger partial charge is 0.508 e. The van der Waals surface area contributed by atoms with E-state index in [-0.39, 0.29) is 31.3 Å². The van der Waals surface area contributed by atoms with Crippen LogP contribution < -0.4 is 10.6 Å². The average molecular weight is 443 g/mol. The van der Waals surface area contributed by atoms with E-state index in [0.29, 0.717) is 12.0 Å². The number of hydrogen-bond donors (Lipinski definition) is 3. The molecule has 2 amide bonds. The van der Waals surface area contributed by atoms with Gasteiger partial charge >= 0.3 is 12.1 Å². The Kier molecular flexibility index (Phi) is 9.07. The second-order valence-corrected chi connectivity index (χ2v) is 8.21.